The van der Waals surface area contributed by atoms with Crippen LogP contribution in [0.2, 0.25) is 0 Å². The number of benzene rings is 2. The third kappa shape index (κ3) is 3.72. The van der Waals surface area contributed by atoms with E-state index in [-0.39, 0.29) is 11.6 Å². The molecule has 0 saturated carbocycles. The molecule has 25 heavy (non-hydrogen) atoms. The van der Waals surface area contributed by atoms with Gasteiger partial charge in [0.2, 0.25) is 5.95 Å². The minimum Gasteiger partial charge on any atom is -0.375 e. The van der Waals surface area contributed by atoms with E-state index in [0.29, 0.717) is 23.4 Å². The zero-order valence-corrected chi connectivity index (χ0v) is 13.6. The summed E-state index contributed by atoms with van der Waals surface area (Å²) in [5, 5.41) is 14.6. The van der Waals surface area contributed by atoms with Crippen LogP contribution in [0.3, 0.4) is 0 Å². The van der Waals surface area contributed by atoms with Crippen LogP contribution in [-0.2, 0) is 6.54 Å². The van der Waals surface area contributed by atoms with Crippen molar-refractivity contribution in [1.29, 1.82) is 0 Å². The fourth-order valence-electron chi connectivity index (χ4n) is 2.50. The highest BCUT2D eigenvalue weighted by Crippen LogP contribution is 2.30. The van der Waals surface area contributed by atoms with Crippen LogP contribution in [0.4, 0.5) is 17.3 Å². The average Bonchev–Trinajstić information content (AvgIpc) is 2.61. The van der Waals surface area contributed by atoms with Crippen molar-refractivity contribution in [1.82, 2.24) is 9.97 Å². The van der Waals surface area contributed by atoms with Crippen molar-refractivity contribution < 1.29 is 4.92 Å². The molecule has 0 atom stereocenters. The van der Waals surface area contributed by atoms with Crippen LogP contribution < -0.4 is 11.1 Å². The number of nitro groups is 1. The lowest BCUT2D eigenvalue weighted by molar-refractivity contribution is -0.383. The SMILES string of the molecule is Cc1ccccc1CNc1ccc(-c2cnc(N)nc2)cc1[N+](=O)[O-]. The lowest BCUT2D eigenvalue weighted by Gasteiger charge is -2.10. The summed E-state index contributed by atoms with van der Waals surface area (Å²) in [6, 6.07) is 12.9. The second-order valence-electron chi connectivity index (χ2n) is 5.60. The number of aryl methyl sites for hydroxylation is 1. The van der Waals surface area contributed by atoms with Gasteiger partial charge in [0.25, 0.3) is 5.69 Å². The second-order valence-corrected chi connectivity index (χ2v) is 5.60. The van der Waals surface area contributed by atoms with Crippen LogP contribution in [-0.4, -0.2) is 14.9 Å². The van der Waals surface area contributed by atoms with Gasteiger partial charge in [0.1, 0.15) is 5.69 Å². The molecule has 7 heteroatoms. The van der Waals surface area contributed by atoms with E-state index in [2.05, 4.69) is 15.3 Å². The number of rotatable bonds is 5. The molecule has 0 aliphatic carbocycles. The van der Waals surface area contributed by atoms with Gasteiger partial charge in [-0.3, -0.25) is 10.1 Å². The van der Waals surface area contributed by atoms with Gasteiger partial charge in [-0.05, 0) is 29.7 Å². The molecule has 1 aromatic heterocycles. The second kappa shape index (κ2) is 6.96. The topological polar surface area (TPSA) is 107 Å². The quantitative estimate of drug-likeness (QED) is 0.545. The summed E-state index contributed by atoms with van der Waals surface area (Å²) in [5.41, 5.74) is 9.50. The molecule has 0 fully saturated rings. The fraction of sp³-hybridized carbons (Fsp3) is 0.111. The van der Waals surface area contributed by atoms with Crippen molar-refractivity contribution in [2.45, 2.75) is 13.5 Å². The van der Waals surface area contributed by atoms with Gasteiger partial charge in [0, 0.05) is 30.6 Å². The van der Waals surface area contributed by atoms with Crippen molar-refractivity contribution in [3.8, 4) is 11.1 Å². The maximum absolute atomic E-state index is 11.5. The van der Waals surface area contributed by atoms with Gasteiger partial charge in [-0.2, -0.15) is 0 Å². The maximum atomic E-state index is 11.5. The van der Waals surface area contributed by atoms with Gasteiger partial charge in [0.05, 0.1) is 4.92 Å². The fourth-order valence-corrected chi connectivity index (χ4v) is 2.50. The third-order valence-electron chi connectivity index (χ3n) is 3.93. The Kier molecular flexibility index (Phi) is 4.56. The maximum Gasteiger partial charge on any atom is 0.292 e. The Labute approximate surface area is 144 Å². The molecule has 0 spiro atoms. The van der Waals surface area contributed by atoms with Crippen molar-refractivity contribution in [3.05, 3.63) is 76.1 Å². The highest BCUT2D eigenvalue weighted by Gasteiger charge is 2.15. The van der Waals surface area contributed by atoms with Gasteiger partial charge in [-0.25, -0.2) is 9.97 Å². The summed E-state index contributed by atoms with van der Waals surface area (Å²) >= 11 is 0. The van der Waals surface area contributed by atoms with Gasteiger partial charge in [-0.1, -0.05) is 30.3 Å². The monoisotopic (exact) mass is 335 g/mol. The average molecular weight is 335 g/mol. The molecule has 2 aromatic carbocycles. The van der Waals surface area contributed by atoms with Crippen molar-refractivity contribution in [2.75, 3.05) is 11.1 Å². The molecule has 126 valence electrons. The predicted octanol–water partition coefficient (Wildman–Crippen LogP) is 3.55. The minimum absolute atomic E-state index is 0.00269. The van der Waals surface area contributed by atoms with Crippen molar-refractivity contribution >= 4 is 17.3 Å². The lowest BCUT2D eigenvalue weighted by Crippen LogP contribution is -2.04. The molecule has 3 N–H and O–H groups in total. The number of hydrogen-bond acceptors (Lipinski definition) is 6. The number of hydrogen-bond donors (Lipinski definition) is 2. The normalized spacial score (nSPS) is 10.4. The van der Waals surface area contributed by atoms with E-state index in [0.717, 1.165) is 11.1 Å². The molecule has 3 rings (SSSR count). The molecule has 0 saturated heterocycles. The molecule has 0 aliphatic rings. The molecule has 7 nitrogen and oxygen atoms in total. The van der Waals surface area contributed by atoms with Gasteiger partial charge < -0.3 is 11.1 Å². The number of aromatic nitrogens is 2. The standard InChI is InChI=1S/C18H17N5O2/c1-12-4-2-3-5-14(12)9-20-16-7-6-13(8-17(16)23(24)25)15-10-21-18(19)22-11-15/h2-8,10-11,20H,9H2,1H3,(H2,19,21,22). The van der Waals surface area contributed by atoms with Gasteiger partial charge in [-0.15, -0.1) is 0 Å². The molecule has 0 radical (unpaired) electrons. The molecule has 3 aromatic rings. The summed E-state index contributed by atoms with van der Waals surface area (Å²) in [5.74, 6) is 0.162. The Balaban J connectivity index is 1.88. The summed E-state index contributed by atoms with van der Waals surface area (Å²) in [7, 11) is 0. The molecule has 0 aliphatic heterocycles. The highest BCUT2D eigenvalue weighted by atomic mass is 16.6. The Morgan fingerprint density at radius 3 is 2.52 bits per heavy atom. The zero-order valence-electron chi connectivity index (χ0n) is 13.6. The van der Waals surface area contributed by atoms with E-state index in [1.54, 1.807) is 24.5 Å². The Morgan fingerprint density at radius 2 is 1.84 bits per heavy atom. The van der Waals surface area contributed by atoms with Crippen molar-refractivity contribution in [2.24, 2.45) is 0 Å². The number of nitro benzene ring substituents is 1. The smallest absolute Gasteiger partial charge is 0.292 e. The number of nitrogens with zero attached hydrogens (tertiary/aromatic N) is 3. The van der Waals surface area contributed by atoms with E-state index in [9.17, 15) is 10.1 Å². The zero-order chi connectivity index (χ0) is 17.8. The van der Waals surface area contributed by atoms with E-state index in [4.69, 9.17) is 5.73 Å². The first kappa shape index (κ1) is 16.4. The predicted molar refractivity (Wildman–Crippen MR) is 97.0 cm³/mol. The molecule has 1 heterocycles. The summed E-state index contributed by atoms with van der Waals surface area (Å²) in [6.07, 6.45) is 3.09. The molecular weight excluding hydrogens is 318 g/mol. The number of anilines is 2. The van der Waals surface area contributed by atoms with Crippen LogP contribution in [0.5, 0.6) is 0 Å². The molecule has 0 amide bonds. The highest BCUT2D eigenvalue weighted by molar-refractivity contribution is 5.73. The van der Waals surface area contributed by atoms with Crippen LogP contribution in [0, 0.1) is 17.0 Å². The van der Waals surface area contributed by atoms with Crippen molar-refractivity contribution in [3.63, 3.8) is 0 Å². The first-order valence-corrected chi connectivity index (χ1v) is 7.69. The summed E-state index contributed by atoms with van der Waals surface area (Å²) in [4.78, 5) is 18.9. The number of nitrogens with one attached hydrogen (secondary N) is 1. The van der Waals surface area contributed by atoms with Crippen LogP contribution >= 0.6 is 0 Å². The van der Waals surface area contributed by atoms with E-state index in [1.165, 1.54) is 6.07 Å². The van der Waals surface area contributed by atoms with Crippen LogP contribution in [0.25, 0.3) is 11.1 Å². The summed E-state index contributed by atoms with van der Waals surface area (Å²) < 4.78 is 0. The van der Waals surface area contributed by atoms with Crippen LogP contribution in [0.15, 0.2) is 54.9 Å². The van der Waals surface area contributed by atoms with E-state index >= 15 is 0 Å². The minimum atomic E-state index is -0.401. The Morgan fingerprint density at radius 1 is 1.12 bits per heavy atom. The van der Waals surface area contributed by atoms with E-state index in [1.807, 2.05) is 31.2 Å². The van der Waals surface area contributed by atoms with Crippen LogP contribution in [0.1, 0.15) is 11.1 Å². The molecule has 0 bridgehead atoms. The number of nitrogens with two attached hydrogens (primary N) is 1. The Hall–Kier alpha value is -3.48. The first-order chi connectivity index (χ1) is 12.0. The van der Waals surface area contributed by atoms with E-state index < -0.39 is 4.92 Å². The third-order valence-corrected chi connectivity index (χ3v) is 3.93. The van der Waals surface area contributed by atoms with Gasteiger partial charge in [0.15, 0.2) is 0 Å². The van der Waals surface area contributed by atoms with Gasteiger partial charge >= 0.3 is 0 Å². The Bertz CT molecular complexity index is 910. The first-order valence-electron chi connectivity index (χ1n) is 7.69. The molecular formula is C18H17N5O2. The number of nitrogen functional groups attached to an aromatic ring is 1. The molecule has 0 unspecified atom stereocenters. The largest absolute Gasteiger partial charge is 0.375 e. The summed E-state index contributed by atoms with van der Waals surface area (Å²) in [6.45, 7) is 2.52. The lowest BCUT2D eigenvalue weighted by atomic mass is 10.1.